The minimum Gasteiger partial charge on any atom is -0.387 e. The number of hydrogen-bond donors (Lipinski definition) is 1. The number of unbranched alkanes of at least 4 members (excludes halogenated alkanes) is 1. The lowest BCUT2D eigenvalue weighted by molar-refractivity contribution is -0.101. The van der Waals surface area contributed by atoms with Crippen molar-refractivity contribution in [2.75, 3.05) is 6.54 Å². The van der Waals surface area contributed by atoms with Crippen molar-refractivity contribution in [3.8, 4) is 0 Å². The molecule has 2 amide bonds. The van der Waals surface area contributed by atoms with Gasteiger partial charge in [0.05, 0.1) is 22.8 Å². The fraction of sp³-hybridized carbons (Fsp3) is 0.545. The number of carbonyl (C=O) groups excluding carboxylic acids is 2. The molecule has 1 aromatic rings. The molecule has 1 saturated carbocycles. The Morgan fingerprint density at radius 1 is 1.19 bits per heavy atom. The highest BCUT2D eigenvalue weighted by atomic mass is 16.3. The standard InChI is InChI=1S/C22H28N2O3/c1-3-4-12-23-13-10-16-14-17(9-11-22(16,27)15(23)2)24-20(25)18-7-5-6-8-19(18)21(24)26/h5-8,10,13,15-17,27H,3-4,9,11-12,14H2,1-2H3/t15-,16?,17?,22?/m1/s1. The average molecular weight is 368 g/mol. The first-order chi connectivity index (χ1) is 13.0. The Kier molecular flexibility index (Phi) is 4.58. The molecular weight excluding hydrogens is 340 g/mol. The monoisotopic (exact) mass is 368 g/mol. The molecular formula is C22H28N2O3. The van der Waals surface area contributed by atoms with Crippen molar-refractivity contribution in [3.63, 3.8) is 0 Å². The maximum atomic E-state index is 12.8. The summed E-state index contributed by atoms with van der Waals surface area (Å²) in [7, 11) is 0. The maximum Gasteiger partial charge on any atom is 0.261 e. The van der Waals surface area contributed by atoms with Gasteiger partial charge in [-0.3, -0.25) is 14.5 Å². The summed E-state index contributed by atoms with van der Waals surface area (Å²) in [5.74, 6) is -0.416. The normalized spacial score (nSPS) is 32.6. The number of hydrogen-bond acceptors (Lipinski definition) is 4. The van der Waals surface area contributed by atoms with Gasteiger partial charge in [0.15, 0.2) is 0 Å². The topological polar surface area (TPSA) is 60.9 Å². The van der Waals surface area contributed by atoms with Crippen LogP contribution in [0.15, 0.2) is 36.5 Å². The molecule has 5 nitrogen and oxygen atoms in total. The van der Waals surface area contributed by atoms with Gasteiger partial charge in [-0.05, 0) is 50.9 Å². The van der Waals surface area contributed by atoms with E-state index in [0.29, 0.717) is 30.4 Å². The van der Waals surface area contributed by atoms with E-state index in [0.717, 1.165) is 19.4 Å². The largest absolute Gasteiger partial charge is 0.387 e. The Morgan fingerprint density at radius 2 is 1.85 bits per heavy atom. The van der Waals surface area contributed by atoms with Gasteiger partial charge in [0.1, 0.15) is 0 Å². The number of nitrogens with zero attached hydrogens (tertiary/aromatic N) is 2. The minimum atomic E-state index is -0.794. The van der Waals surface area contributed by atoms with Crippen LogP contribution >= 0.6 is 0 Å². The number of carbonyl (C=O) groups is 2. The van der Waals surface area contributed by atoms with Crippen LogP contribution in [0.4, 0.5) is 0 Å². The molecule has 0 aromatic heterocycles. The average Bonchev–Trinajstić information content (AvgIpc) is 2.93. The summed E-state index contributed by atoms with van der Waals surface area (Å²) in [6, 6.07) is 6.93. The third-order valence-corrected chi connectivity index (χ3v) is 6.74. The van der Waals surface area contributed by atoms with E-state index in [1.165, 1.54) is 4.90 Å². The number of amides is 2. The third-order valence-electron chi connectivity index (χ3n) is 6.74. The quantitative estimate of drug-likeness (QED) is 0.829. The smallest absolute Gasteiger partial charge is 0.261 e. The Morgan fingerprint density at radius 3 is 2.48 bits per heavy atom. The molecule has 3 aliphatic rings. The zero-order valence-corrected chi connectivity index (χ0v) is 16.1. The van der Waals surface area contributed by atoms with Crippen LogP contribution in [0, 0.1) is 5.92 Å². The summed E-state index contributed by atoms with van der Waals surface area (Å²) in [6.45, 7) is 5.21. The van der Waals surface area contributed by atoms with Gasteiger partial charge < -0.3 is 10.0 Å². The van der Waals surface area contributed by atoms with Gasteiger partial charge in [-0.2, -0.15) is 0 Å². The Bertz CT molecular complexity index is 755. The first-order valence-corrected chi connectivity index (χ1v) is 10.1. The molecule has 3 unspecified atom stereocenters. The molecule has 1 aliphatic carbocycles. The Hall–Kier alpha value is -2.14. The zero-order chi connectivity index (χ0) is 19.2. The van der Waals surface area contributed by atoms with E-state index in [1.54, 1.807) is 24.3 Å². The summed E-state index contributed by atoms with van der Waals surface area (Å²) < 4.78 is 0. The van der Waals surface area contributed by atoms with Crippen molar-refractivity contribution in [2.24, 2.45) is 5.92 Å². The molecule has 144 valence electrons. The van der Waals surface area contributed by atoms with Gasteiger partial charge in [-0.15, -0.1) is 0 Å². The highest BCUT2D eigenvalue weighted by Gasteiger charge is 2.51. The van der Waals surface area contributed by atoms with Gasteiger partial charge in [0.2, 0.25) is 0 Å². The van der Waals surface area contributed by atoms with Crippen LogP contribution in [0.1, 0.15) is 66.7 Å². The summed E-state index contributed by atoms with van der Waals surface area (Å²) in [5, 5.41) is 11.4. The van der Waals surface area contributed by atoms with Crippen LogP contribution in [0.25, 0.3) is 0 Å². The van der Waals surface area contributed by atoms with Crippen LogP contribution < -0.4 is 0 Å². The number of rotatable bonds is 4. The maximum absolute atomic E-state index is 12.8. The molecule has 4 rings (SSSR count). The van der Waals surface area contributed by atoms with E-state index < -0.39 is 5.60 Å². The van der Waals surface area contributed by atoms with E-state index in [9.17, 15) is 14.7 Å². The first-order valence-electron chi connectivity index (χ1n) is 10.1. The summed E-state index contributed by atoms with van der Waals surface area (Å²) >= 11 is 0. The number of benzene rings is 1. The summed E-state index contributed by atoms with van der Waals surface area (Å²) in [5.41, 5.74) is 0.209. The number of aliphatic hydroxyl groups is 1. The predicted molar refractivity (Wildman–Crippen MR) is 103 cm³/mol. The van der Waals surface area contributed by atoms with E-state index >= 15 is 0 Å². The Balaban J connectivity index is 1.54. The second-order valence-corrected chi connectivity index (χ2v) is 8.16. The molecule has 1 aromatic carbocycles. The van der Waals surface area contributed by atoms with Crippen molar-refractivity contribution in [1.82, 2.24) is 9.80 Å². The highest BCUT2D eigenvalue weighted by Crippen LogP contribution is 2.44. The molecule has 0 saturated heterocycles. The van der Waals surface area contributed by atoms with E-state index in [4.69, 9.17) is 0 Å². The van der Waals surface area contributed by atoms with Gasteiger partial charge in [0.25, 0.3) is 11.8 Å². The first kappa shape index (κ1) is 18.2. The van der Waals surface area contributed by atoms with Gasteiger partial charge >= 0.3 is 0 Å². The molecule has 2 aliphatic heterocycles. The van der Waals surface area contributed by atoms with E-state index in [-0.39, 0.29) is 29.8 Å². The zero-order valence-electron chi connectivity index (χ0n) is 16.1. The van der Waals surface area contributed by atoms with Crippen molar-refractivity contribution >= 4 is 11.8 Å². The fourth-order valence-electron chi connectivity index (χ4n) is 4.98. The van der Waals surface area contributed by atoms with Crippen LogP contribution in [0.3, 0.4) is 0 Å². The van der Waals surface area contributed by atoms with E-state index in [1.807, 2.05) is 0 Å². The Labute approximate surface area is 160 Å². The van der Waals surface area contributed by atoms with Gasteiger partial charge in [-0.1, -0.05) is 31.6 Å². The van der Waals surface area contributed by atoms with Crippen molar-refractivity contribution < 1.29 is 14.7 Å². The third kappa shape index (κ3) is 2.80. The predicted octanol–water partition coefficient (Wildman–Crippen LogP) is 3.20. The van der Waals surface area contributed by atoms with Crippen LogP contribution in [0.5, 0.6) is 0 Å². The van der Waals surface area contributed by atoms with Crippen molar-refractivity contribution in [2.45, 2.75) is 63.6 Å². The summed E-state index contributed by atoms with van der Waals surface area (Å²) in [4.78, 5) is 29.3. The van der Waals surface area contributed by atoms with Crippen LogP contribution in [-0.4, -0.2) is 51.0 Å². The van der Waals surface area contributed by atoms with Gasteiger partial charge in [-0.25, -0.2) is 0 Å². The molecule has 0 bridgehead atoms. The molecule has 4 atom stereocenters. The minimum absolute atomic E-state index is 0.0339. The fourth-order valence-corrected chi connectivity index (χ4v) is 4.98. The lowest BCUT2D eigenvalue weighted by Crippen LogP contribution is -2.60. The second kappa shape index (κ2) is 6.79. The lowest BCUT2D eigenvalue weighted by atomic mass is 9.68. The highest BCUT2D eigenvalue weighted by molar-refractivity contribution is 6.21. The number of fused-ring (bicyclic) bond motifs is 2. The number of imide groups is 1. The lowest BCUT2D eigenvalue weighted by Gasteiger charge is -2.52. The van der Waals surface area contributed by atoms with Crippen LogP contribution in [-0.2, 0) is 0 Å². The van der Waals surface area contributed by atoms with Crippen LogP contribution in [0.2, 0.25) is 0 Å². The molecule has 0 spiro atoms. The van der Waals surface area contributed by atoms with E-state index in [2.05, 4.69) is 31.0 Å². The molecule has 27 heavy (non-hydrogen) atoms. The second-order valence-electron chi connectivity index (χ2n) is 8.16. The summed E-state index contributed by atoms with van der Waals surface area (Å²) in [6.07, 6.45) is 8.30. The SMILES string of the molecule is CCCCN1C=CC2CC(N3C(=O)c4ccccc4C3=O)CCC2(O)[C@H]1C. The molecule has 1 fully saturated rings. The van der Waals surface area contributed by atoms with Crippen molar-refractivity contribution in [1.29, 1.82) is 0 Å². The molecule has 5 heteroatoms. The van der Waals surface area contributed by atoms with Crippen molar-refractivity contribution in [3.05, 3.63) is 47.7 Å². The molecule has 1 N–H and O–H groups in total. The molecule has 2 heterocycles. The molecule has 0 radical (unpaired) electrons. The van der Waals surface area contributed by atoms with Gasteiger partial charge in [0, 0.05) is 18.5 Å².